The fourth-order valence-corrected chi connectivity index (χ4v) is 2.73. The van der Waals surface area contributed by atoms with Crippen molar-refractivity contribution in [2.75, 3.05) is 6.54 Å². The first kappa shape index (κ1) is 15.2. The molecule has 0 bridgehead atoms. The molecule has 0 amide bonds. The maximum atomic E-state index is 8.90. The van der Waals surface area contributed by atoms with Gasteiger partial charge in [0.1, 0.15) is 0 Å². The molecular formula is C20H19N3. The van der Waals surface area contributed by atoms with Crippen LogP contribution in [0.5, 0.6) is 0 Å². The zero-order valence-corrected chi connectivity index (χ0v) is 13.0. The highest BCUT2D eigenvalue weighted by molar-refractivity contribution is 5.78. The second kappa shape index (κ2) is 7.53. The number of rotatable bonds is 6. The van der Waals surface area contributed by atoms with Gasteiger partial charge in [-0.1, -0.05) is 48.5 Å². The number of hydrogen-bond acceptors (Lipinski definition) is 3. The minimum atomic E-state index is 0.536. The summed E-state index contributed by atoms with van der Waals surface area (Å²) in [6.45, 7) is 2.40. The van der Waals surface area contributed by atoms with Gasteiger partial charge in [0.25, 0.3) is 0 Å². The molecule has 0 aliphatic rings. The molecule has 0 fully saturated rings. The summed E-state index contributed by atoms with van der Waals surface area (Å²) in [5.74, 6) is 0. The summed E-state index contributed by atoms with van der Waals surface area (Å²) in [5.41, 5.74) is 3.46. The van der Waals surface area contributed by atoms with E-state index in [2.05, 4.69) is 52.4 Å². The highest BCUT2D eigenvalue weighted by Gasteiger charge is 2.08. The van der Waals surface area contributed by atoms with E-state index in [0.29, 0.717) is 6.42 Å². The summed E-state index contributed by atoms with van der Waals surface area (Å²) in [7, 11) is 0. The first-order valence-electron chi connectivity index (χ1n) is 7.82. The largest absolute Gasteiger partial charge is 0.294 e. The molecule has 114 valence electrons. The molecule has 1 aromatic heterocycles. The normalized spacial score (nSPS) is 10.8. The lowest BCUT2D eigenvalue weighted by Gasteiger charge is -2.21. The summed E-state index contributed by atoms with van der Waals surface area (Å²) in [6.07, 6.45) is 2.47. The fraction of sp³-hybridized carbons (Fsp3) is 0.200. The van der Waals surface area contributed by atoms with E-state index in [1.54, 1.807) is 0 Å². The van der Waals surface area contributed by atoms with Crippen LogP contribution in [0.15, 0.2) is 66.9 Å². The fourth-order valence-electron chi connectivity index (χ4n) is 2.73. The number of fused-ring (bicyclic) bond motifs is 1. The number of para-hydroxylation sites is 1. The first-order valence-corrected chi connectivity index (χ1v) is 7.82. The van der Waals surface area contributed by atoms with Crippen molar-refractivity contribution in [3.8, 4) is 6.07 Å². The molecule has 0 N–H and O–H groups in total. The quantitative estimate of drug-likeness (QED) is 0.686. The van der Waals surface area contributed by atoms with Crippen LogP contribution in [0.4, 0.5) is 0 Å². The lowest BCUT2D eigenvalue weighted by atomic mass is 10.1. The lowest BCUT2D eigenvalue weighted by Crippen LogP contribution is -2.23. The second-order valence-electron chi connectivity index (χ2n) is 5.64. The predicted molar refractivity (Wildman–Crippen MR) is 92.5 cm³/mol. The van der Waals surface area contributed by atoms with Gasteiger partial charge in [0, 0.05) is 37.6 Å². The summed E-state index contributed by atoms with van der Waals surface area (Å²) in [5, 5.41) is 10.1. The Labute approximate surface area is 136 Å². The van der Waals surface area contributed by atoms with Crippen LogP contribution in [0.1, 0.15) is 17.5 Å². The molecule has 3 rings (SSSR count). The van der Waals surface area contributed by atoms with Crippen molar-refractivity contribution in [3.05, 3.63) is 78.0 Å². The van der Waals surface area contributed by atoms with Crippen LogP contribution in [-0.2, 0) is 13.1 Å². The molecule has 1 heterocycles. The third-order valence-electron chi connectivity index (χ3n) is 3.84. The van der Waals surface area contributed by atoms with Crippen molar-refractivity contribution >= 4 is 10.9 Å². The van der Waals surface area contributed by atoms with Crippen LogP contribution in [0.25, 0.3) is 10.9 Å². The van der Waals surface area contributed by atoms with Gasteiger partial charge >= 0.3 is 0 Å². The molecule has 0 saturated carbocycles. The molecule has 2 aromatic carbocycles. The van der Waals surface area contributed by atoms with E-state index in [1.807, 2.05) is 30.5 Å². The van der Waals surface area contributed by atoms with Crippen molar-refractivity contribution in [3.63, 3.8) is 0 Å². The van der Waals surface area contributed by atoms with E-state index >= 15 is 0 Å². The van der Waals surface area contributed by atoms with Crippen LogP contribution < -0.4 is 0 Å². The van der Waals surface area contributed by atoms with Crippen LogP contribution in [0, 0.1) is 11.3 Å². The van der Waals surface area contributed by atoms with Gasteiger partial charge in [0.2, 0.25) is 0 Å². The van der Waals surface area contributed by atoms with Gasteiger partial charge in [-0.05, 0) is 23.3 Å². The molecule has 3 nitrogen and oxygen atoms in total. The van der Waals surface area contributed by atoms with Crippen LogP contribution in [0.2, 0.25) is 0 Å². The van der Waals surface area contributed by atoms with Gasteiger partial charge in [-0.25, -0.2) is 0 Å². The van der Waals surface area contributed by atoms with Crippen molar-refractivity contribution in [1.29, 1.82) is 5.26 Å². The van der Waals surface area contributed by atoms with E-state index in [4.69, 9.17) is 5.26 Å². The Morgan fingerprint density at radius 2 is 1.65 bits per heavy atom. The topological polar surface area (TPSA) is 39.9 Å². The highest BCUT2D eigenvalue weighted by Crippen LogP contribution is 2.15. The third-order valence-corrected chi connectivity index (χ3v) is 3.84. The molecule has 3 aromatic rings. The van der Waals surface area contributed by atoms with Crippen molar-refractivity contribution in [2.24, 2.45) is 0 Å². The molecule has 0 aliphatic carbocycles. The zero-order valence-electron chi connectivity index (χ0n) is 13.0. The molecule has 0 unspecified atom stereocenters. The van der Waals surface area contributed by atoms with Gasteiger partial charge in [0.15, 0.2) is 0 Å². The Morgan fingerprint density at radius 3 is 2.48 bits per heavy atom. The highest BCUT2D eigenvalue weighted by atomic mass is 15.1. The summed E-state index contributed by atoms with van der Waals surface area (Å²) in [6, 6.07) is 22.9. The standard InChI is InChI=1S/C20H19N3/c21-11-6-12-23(15-17-7-2-1-3-8-17)16-18-13-19-9-4-5-10-20(19)22-14-18/h1-5,7-10,13-14H,6,12,15-16H2. The van der Waals surface area contributed by atoms with E-state index in [9.17, 15) is 0 Å². The van der Waals surface area contributed by atoms with E-state index in [0.717, 1.165) is 30.5 Å². The summed E-state index contributed by atoms with van der Waals surface area (Å²) >= 11 is 0. The van der Waals surface area contributed by atoms with Crippen LogP contribution in [0.3, 0.4) is 0 Å². The van der Waals surface area contributed by atoms with E-state index < -0.39 is 0 Å². The minimum absolute atomic E-state index is 0.536. The van der Waals surface area contributed by atoms with Gasteiger partial charge in [-0.15, -0.1) is 0 Å². The van der Waals surface area contributed by atoms with Crippen LogP contribution in [-0.4, -0.2) is 16.4 Å². The number of benzene rings is 2. The number of aromatic nitrogens is 1. The van der Waals surface area contributed by atoms with E-state index in [-0.39, 0.29) is 0 Å². The lowest BCUT2D eigenvalue weighted by molar-refractivity contribution is 0.263. The van der Waals surface area contributed by atoms with Crippen molar-refractivity contribution < 1.29 is 0 Å². The SMILES string of the molecule is N#CCCN(Cc1ccccc1)Cc1cnc2ccccc2c1. The Bertz CT molecular complexity index is 806. The zero-order chi connectivity index (χ0) is 15.9. The monoisotopic (exact) mass is 301 g/mol. The number of nitriles is 1. The maximum absolute atomic E-state index is 8.90. The molecular weight excluding hydrogens is 282 g/mol. The smallest absolute Gasteiger partial charge is 0.0702 e. The van der Waals surface area contributed by atoms with Gasteiger partial charge in [0.05, 0.1) is 11.6 Å². The average molecular weight is 301 g/mol. The molecule has 0 atom stereocenters. The van der Waals surface area contributed by atoms with Gasteiger partial charge in [-0.3, -0.25) is 9.88 Å². The average Bonchev–Trinajstić information content (AvgIpc) is 2.60. The molecule has 0 saturated heterocycles. The minimum Gasteiger partial charge on any atom is -0.294 e. The van der Waals surface area contributed by atoms with Crippen molar-refractivity contribution in [2.45, 2.75) is 19.5 Å². The molecule has 0 spiro atoms. The summed E-state index contributed by atoms with van der Waals surface area (Å²) < 4.78 is 0. The third kappa shape index (κ3) is 4.15. The van der Waals surface area contributed by atoms with Crippen LogP contribution >= 0.6 is 0 Å². The maximum Gasteiger partial charge on any atom is 0.0702 e. The second-order valence-corrected chi connectivity index (χ2v) is 5.64. The Hall–Kier alpha value is -2.70. The summed E-state index contributed by atoms with van der Waals surface area (Å²) in [4.78, 5) is 6.83. The van der Waals surface area contributed by atoms with Crippen molar-refractivity contribution in [1.82, 2.24) is 9.88 Å². The molecule has 0 aliphatic heterocycles. The van der Waals surface area contributed by atoms with E-state index in [1.165, 1.54) is 11.1 Å². The first-order chi connectivity index (χ1) is 11.3. The Kier molecular flexibility index (Phi) is 4.98. The number of nitrogens with zero attached hydrogens (tertiary/aromatic N) is 3. The van der Waals surface area contributed by atoms with Gasteiger partial charge < -0.3 is 0 Å². The molecule has 3 heteroatoms. The van der Waals surface area contributed by atoms with Gasteiger partial charge in [-0.2, -0.15) is 5.26 Å². The predicted octanol–water partition coefficient (Wildman–Crippen LogP) is 4.15. The molecule has 0 radical (unpaired) electrons. The molecule has 23 heavy (non-hydrogen) atoms. The Balaban J connectivity index is 1.77. The number of pyridine rings is 1. The number of hydrogen-bond donors (Lipinski definition) is 0. The Morgan fingerprint density at radius 1 is 0.913 bits per heavy atom.